The molecular formula is C15H22N2O3. The zero-order chi connectivity index (χ0) is 14.5. The lowest BCUT2D eigenvalue weighted by molar-refractivity contribution is 0.0827. The number of nitrogens with one attached hydrogen (secondary N) is 1. The summed E-state index contributed by atoms with van der Waals surface area (Å²) in [6.45, 7) is 3.53. The molecule has 1 aliphatic rings. The Hall–Kier alpha value is -1.75. The molecular weight excluding hydrogens is 256 g/mol. The summed E-state index contributed by atoms with van der Waals surface area (Å²) >= 11 is 0. The molecule has 2 unspecified atom stereocenters. The van der Waals surface area contributed by atoms with Gasteiger partial charge >= 0.3 is 0 Å². The quantitative estimate of drug-likeness (QED) is 0.806. The van der Waals surface area contributed by atoms with Crippen molar-refractivity contribution in [1.29, 1.82) is 0 Å². The predicted molar refractivity (Wildman–Crippen MR) is 77.9 cm³/mol. The van der Waals surface area contributed by atoms with Gasteiger partial charge in [0.1, 0.15) is 5.75 Å². The summed E-state index contributed by atoms with van der Waals surface area (Å²) in [5.74, 6) is 0.873. The zero-order valence-corrected chi connectivity index (χ0v) is 12.0. The first-order valence-corrected chi connectivity index (χ1v) is 6.99. The predicted octanol–water partition coefficient (Wildman–Crippen LogP) is 1.82. The zero-order valence-electron chi connectivity index (χ0n) is 12.0. The van der Waals surface area contributed by atoms with Gasteiger partial charge in [-0.1, -0.05) is 6.92 Å². The van der Waals surface area contributed by atoms with Gasteiger partial charge in [0.15, 0.2) is 0 Å². The van der Waals surface area contributed by atoms with Crippen molar-refractivity contribution in [2.45, 2.75) is 25.9 Å². The Morgan fingerprint density at radius 3 is 3.00 bits per heavy atom. The van der Waals surface area contributed by atoms with Crippen LogP contribution in [0.2, 0.25) is 0 Å². The molecule has 0 aliphatic carbocycles. The molecule has 3 N–H and O–H groups in total. The van der Waals surface area contributed by atoms with Gasteiger partial charge < -0.3 is 20.5 Å². The number of hydrogen-bond donors (Lipinski definition) is 2. The second-order valence-electron chi connectivity index (χ2n) is 5.03. The van der Waals surface area contributed by atoms with Crippen molar-refractivity contribution >= 4 is 11.6 Å². The highest BCUT2D eigenvalue weighted by molar-refractivity contribution is 5.95. The molecule has 1 fully saturated rings. The van der Waals surface area contributed by atoms with Gasteiger partial charge in [0.05, 0.1) is 18.9 Å². The van der Waals surface area contributed by atoms with Crippen LogP contribution in [0.25, 0.3) is 0 Å². The second-order valence-corrected chi connectivity index (χ2v) is 5.03. The Labute approximate surface area is 119 Å². The monoisotopic (exact) mass is 278 g/mol. The third-order valence-electron chi connectivity index (χ3n) is 3.77. The van der Waals surface area contributed by atoms with E-state index in [1.807, 2.05) is 0 Å². The molecule has 1 aromatic rings. The van der Waals surface area contributed by atoms with Crippen molar-refractivity contribution in [2.24, 2.45) is 5.92 Å². The average molecular weight is 278 g/mol. The summed E-state index contributed by atoms with van der Waals surface area (Å²) in [4.78, 5) is 12.1. The molecule has 1 heterocycles. The van der Waals surface area contributed by atoms with E-state index in [2.05, 4.69) is 12.2 Å². The highest BCUT2D eigenvalue weighted by atomic mass is 16.5. The van der Waals surface area contributed by atoms with Crippen molar-refractivity contribution in [3.05, 3.63) is 23.8 Å². The molecule has 0 radical (unpaired) electrons. The van der Waals surface area contributed by atoms with Crippen LogP contribution in [0.4, 0.5) is 5.69 Å². The molecule has 2 rings (SSSR count). The Bertz CT molecular complexity index is 476. The molecule has 1 aromatic carbocycles. The number of hydrogen-bond acceptors (Lipinski definition) is 4. The summed E-state index contributed by atoms with van der Waals surface area (Å²) < 4.78 is 10.7. The minimum atomic E-state index is -0.110. The van der Waals surface area contributed by atoms with Crippen LogP contribution in [0.5, 0.6) is 5.75 Å². The molecule has 1 aliphatic heterocycles. The number of ether oxygens (including phenoxy) is 2. The largest absolute Gasteiger partial charge is 0.495 e. The molecule has 110 valence electrons. The fourth-order valence-electron chi connectivity index (χ4n) is 2.58. The molecule has 0 aromatic heterocycles. The third-order valence-corrected chi connectivity index (χ3v) is 3.77. The number of methoxy groups -OCH3 is 1. The van der Waals surface area contributed by atoms with E-state index in [0.29, 0.717) is 29.5 Å². The number of nitrogen functional groups attached to an aromatic ring is 1. The van der Waals surface area contributed by atoms with E-state index in [9.17, 15) is 4.79 Å². The number of rotatable bonds is 5. The van der Waals surface area contributed by atoms with Crippen LogP contribution in [-0.4, -0.2) is 32.3 Å². The highest BCUT2D eigenvalue weighted by Crippen LogP contribution is 2.24. The Kier molecular flexibility index (Phi) is 4.84. The van der Waals surface area contributed by atoms with E-state index < -0.39 is 0 Å². The van der Waals surface area contributed by atoms with Crippen molar-refractivity contribution in [1.82, 2.24) is 5.32 Å². The van der Waals surface area contributed by atoms with Gasteiger partial charge in [-0.2, -0.15) is 0 Å². The molecule has 0 spiro atoms. The maximum absolute atomic E-state index is 12.1. The van der Waals surface area contributed by atoms with Gasteiger partial charge in [0.25, 0.3) is 5.91 Å². The number of benzene rings is 1. The van der Waals surface area contributed by atoms with E-state index in [-0.39, 0.29) is 12.0 Å². The molecule has 1 amide bonds. The number of amides is 1. The Balaban J connectivity index is 1.93. The molecule has 5 heteroatoms. The minimum Gasteiger partial charge on any atom is -0.495 e. The van der Waals surface area contributed by atoms with Gasteiger partial charge in [-0.3, -0.25) is 4.79 Å². The Morgan fingerprint density at radius 1 is 1.55 bits per heavy atom. The summed E-state index contributed by atoms with van der Waals surface area (Å²) in [5.41, 5.74) is 6.83. The molecule has 1 saturated heterocycles. The van der Waals surface area contributed by atoms with Crippen molar-refractivity contribution in [2.75, 3.05) is 26.0 Å². The van der Waals surface area contributed by atoms with Gasteiger partial charge in [-0.05, 0) is 31.0 Å². The number of carbonyl (C=O) groups is 1. The van der Waals surface area contributed by atoms with E-state index in [4.69, 9.17) is 15.2 Å². The van der Waals surface area contributed by atoms with E-state index in [0.717, 1.165) is 19.4 Å². The molecule has 2 atom stereocenters. The third kappa shape index (κ3) is 3.22. The van der Waals surface area contributed by atoms with Crippen molar-refractivity contribution in [3.63, 3.8) is 0 Å². The summed E-state index contributed by atoms with van der Waals surface area (Å²) in [5, 5.41) is 2.95. The van der Waals surface area contributed by atoms with E-state index in [1.165, 1.54) is 0 Å². The average Bonchev–Trinajstić information content (AvgIpc) is 2.92. The van der Waals surface area contributed by atoms with Gasteiger partial charge in [0.2, 0.25) is 0 Å². The lowest BCUT2D eigenvalue weighted by atomic mass is 9.99. The standard InChI is InChI=1S/C15H22N2O3/c1-3-13-11(6-7-20-13)9-17-15(18)10-4-5-14(19-2)12(16)8-10/h4-5,8,11,13H,3,6-7,9,16H2,1-2H3,(H,17,18). The van der Waals surface area contributed by atoms with Crippen molar-refractivity contribution in [3.8, 4) is 5.75 Å². The summed E-state index contributed by atoms with van der Waals surface area (Å²) in [7, 11) is 1.55. The van der Waals surface area contributed by atoms with Crippen LogP contribution in [0.15, 0.2) is 18.2 Å². The first-order valence-electron chi connectivity index (χ1n) is 6.99. The van der Waals surface area contributed by atoms with Crippen LogP contribution in [-0.2, 0) is 4.74 Å². The minimum absolute atomic E-state index is 0.110. The normalized spacial score (nSPS) is 21.7. The highest BCUT2D eigenvalue weighted by Gasteiger charge is 2.26. The number of carbonyl (C=O) groups excluding carboxylic acids is 1. The van der Waals surface area contributed by atoms with Crippen LogP contribution in [0.1, 0.15) is 30.1 Å². The Morgan fingerprint density at radius 2 is 2.35 bits per heavy atom. The molecule has 0 bridgehead atoms. The van der Waals surface area contributed by atoms with Gasteiger partial charge in [-0.25, -0.2) is 0 Å². The van der Waals surface area contributed by atoms with E-state index in [1.54, 1.807) is 25.3 Å². The van der Waals surface area contributed by atoms with Gasteiger partial charge in [0, 0.05) is 24.6 Å². The van der Waals surface area contributed by atoms with Gasteiger partial charge in [-0.15, -0.1) is 0 Å². The van der Waals surface area contributed by atoms with Crippen LogP contribution in [0, 0.1) is 5.92 Å². The first kappa shape index (κ1) is 14.7. The molecule has 5 nitrogen and oxygen atoms in total. The second kappa shape index (κ2) is 6.61. The number of anilines is 1. The van der Waals surface area contributed by atoms with Crippen LogP contribution < -0.4 is 15.8 Å². The maximum atomic E-state index is 12.1. The van der Waals surface area contributed by atoms with Crippen LogP contribution >= 0.6 is 0 Å². The van der Waals surface area contributed by atoms with Crippen LogP contribution in [0.3, 0.4) is 0 Å². The van der Waals surface area contributed by atoms with E-state index >= 15 is 0 Å². The smallest absolute Gasteiger partial charge is 0.251 e. The summed E-state index contributed by atoms with van der Waals surface area (Å²) in [6, 6.07) is 5.06. The lowest BCUT2D eigenvalue weighted by Gasteiger charge is -2.17. The number of nitrogens with two attached hydrogens (primary N) is 1. The lowest BCUT2D eigenvalue weighted by Crippen LogP contribution is -2.32. The first-order chi connectivity index (χ1) is 9.65. The summed E-state index contributed by atoms with van der Waals surface area (Å²) in [6.07, 6.45) is 2.25. The maximum Gasteiger partial charge on any atom is 0.251 e. The fourth-order valence-corrected chi connectivity index (χ4v) is 2.58. The topological polar surface area (TPSA) is 73.6 Å². The van der Waals surface area contributed by atoms with Crippen molar-refractivity contribution < 1.29 is 14.3 Å². The fraction of sp³-hybridized carbons (Fsp3) is 0.533. The molecule has 0 saturated carbocycles. The SMILES string of the molecule is CCC1OCCC1CNC(=O)c1ccc(OC)c(N)c1. The molecule has 20 heavy (non-hydrogen) atoms.